The Bertz CT molecular complexity index is 925. The number of benzene rings is 1. The number of likely N-dealkylation sites (tertiary alicyclic amines) is 1. The number of nitrogens with one attached hydrogen (secondary N) is 2. The second-order valence-electron chi connectivity index (χ2n) is 5.77. The number of nitrogens with zero attached hydrogens (tertiary/aromatic N) is 3. The maximum Gasteiger partial charge on any atom is 0.256 e. The van der Waals surface area contributed by atoms with Crippen LogP contribution in [0.15, 0.2) is 30.5 Å². The summed E-state index contributed by atoms with van der Waals surface area (Å²) >= 11 is 1.34. The fourth-order valence-electron chi connectivity index (χ4n) is 2.78. The van der Waals surface area contributed by atoms with Gasteiger partial charge in [-0.2, -0.15) is 0 Å². The Labute approximate surface area is 141 Å². The van der Waals surface area contributed by atoms with Crippen LogP contribution in [0, 0.1) is 12.8 Å². The van der Waals surface area contributed by atoms with Gasteiger partial charge in [-0.05, 0) is 13.0 Å². The highest BCUT2D eigenvalue weighted by Gasteiger charge is 2.37. The van der Waals surface area contributed by atoms with Crippen molar-refractivity contribution in [3.05, 3.63) is 41.0 Å². The number of para-hydroxylation sites is 1. The molecule has 0 aliphatic carbocycles. The van der Waals surface area contributed by atoms with Crippen molar-refractivity contribution in [2.24, 2.45) is 5.92 Å². The van der Waals surface area contributed by atoms with Gasteiger partial charge >= 0.3 is 0 Å². The number of hydrogen-bond donors (Lipinski definition) is 2. The number of carbonyl (C=O) groups excluding carboxylic acids is 2. The first-order valence-electron chi connectivity index (χ1n) is 7.58. The first kappa shape index (κ1) is 14.8. The topological polar surface area (TPSA) is 91.0 Å². The van der Waals surface area contributed by atoms with E-state index in [0.717, 1.165) is 15.9 Å². The number of aromatic amines is 1. The Morgan fingerprint density at radius 3 is 2.83 bits per heavy atom. The van der Waals surface area contributed by atoms with Crippen LogP contribution in [0.25, 0.3) is 10.9 Å². The first-order chi connectivity index (χ1) is 11.6. The molecular formula is C16H15N5O2S. The summed E-state index contributed by atoms with van der Waals surface area (Å²) in [4.78, 5) is 29.5. The Balaban J connectivity index is 1.40. The SMILES string of the molecule is Cc1nnc(NC(=O)C2CN(C(=O)c3c[nH]c4ccccc34)C2)s1. The molecule has 1 fully saturated rings. The van der Waals surface area contributed by atoms with E-state index < -0.39 is 0 Å². The number of anilines is 1. The van der Waals surface area contributed by atoms with Gasteiger partial charge in [-0.25, -0.2) is 0 Å². The molecule has 1 saturated heterocycles. The van der Waals surface area contributed by atoms with Crippen LogP contribution in [0.2, 0.25) is 0 Å². The highest BCUT2D eigenvalue weighted by atomic mass is 32.1. The second-order valence-corrected chi connectivity index (χ2v) is 6.95. The summed E-state index contributed by atoms with van der Waals surface area (Å²) in [7, 11) is 0. The van der Waals surface area contributed by atoms with E-state index in [2.05, 4.69) is 20.5 Å². The molecule has 3 aromatic rings. The third-order valence-corrected chi connectivity index (χ3v) is 4.87. The minimum atomic E-state index is -0.205. The van der Waals surface area contributed by atoms with Gasteiger partial charge in [0.15, 0.2) is 0 Å². The number of aromatic nitrogens is 3. The molecule has 0 spiro atoms. The minimum Gasteiger partial charge on any atom is -0.360 e. The number of carbonyl (C=O) groups is 2. The Kier molecular flexibility index (Phi) is 3.53. The Morgan fingerprint density at radius 2 is 2.08 bits per heavy atom. The van der Waals surface area contributed by atoms with E-state index in [4.69, 9.17) is 0 Å². The van der Waals surface area contributed by atoms with Crippen LogP contribution in [0.4, 0.5) is 5.13 Å². The second kappa shape index (κ2) is 5.72. The molecule has 122 valence electrons. The van der Waals surface area contributed by atoms with Gasteiger partial charge in [-0.3, -0.25) is 9.59 Å². The summed E-state index contributed by atoms with van der Waals surface area (Å²) < 4.78 is 0. The fraction of sp³-hybridized carbons (Fsp3) is 0.250. The highest BCUT2D eigenvalue weighted by Crippen LogP contribution is 2.25. The van der Waals surface area contributed by atoms with Crippen molar-refractivity contribution in [3.63, 3.8) is 0 Å². The zero-order valence-corrected chi connectivity index (χ0v) is 13.8. The van der Waals surface area contributed by atoms with Gasteiger partial charge in [-0.1, -0.05) is 29.5 Å². The third kappa shape index (κ3) is 2.54. The smallest absolute Gasteiger partial charge is 0.256 e. The molecule has 0 atom stereocenters. The molecule has 0 saturated carbocycles. The molecule has 4 rings (SSSR count). The average molecular weight is 341 g/mol. The van der Waals surface area contributed by atoms with E-state index in [-0.39, 0.29) is 17.7 Å². The molecule has 1 aromatic carbocycles. The van der Waals surface area contributed by atoms with Gasteiger partial charge in [0.05, 0.1) is 11.5 Å². The molecule has 24 heavy (non-hydrogen) atoms. The first-order valence-corrected chi connectivity index (χ1v) is 8.40. The van der Waals surface area contributed by atoms with Gasteiger partial charge in [0.2, 0.25) is 11.0 Å². The fourth-order valence-corrected chi connectivity index (χ4v) is 3.38. The molecule has 2 N–H and O–H groups in total. The Hall–Kier alpha value is -2.74. The number of H-pyrrole nitrogens is 1. The maximum atomic E-state index is 12.6. The molecule has 2 aromatic heterocycles. The van der Waals surface area contributed by atoms with E-state index in [0.29, 0.717) is 23.8 Å². The Morgan fingerprint density at radius 1 is 1.29 bits per heavy atom. The lowest BCUT2D eigenvalue weighted by atomic mass is 9.98. The van der Waals surface area contributed by atoms with E-state index in [1.807, 2.05) is 31.2 Å². The lowest BCUT2D eigenvalue weighted by Gasteiger charge is -2.37. The molecule has 2 amide bonds. The molecule has 0 unspecified atom stereocenters. The van der Waals surface area contributed by atoms with Crippen molar-refractivity contribution in [1.29, 1.82) is 0 Å². The summed E-state index contributed by atoms with van der Waals surface area (Å²) in [5.41, 5.74) is 1.58. The number of rotatable bonds is 3. The molecule has 0 bridgehead atoms. The molecule has 0 radical (unpaired) electrons. The van der Waals surface area contributed by atoms with E-state index >= 15 is 0 Å². The standard InChI is InChI=1S/C16H15N5O2S/c1-9-19-20-16(24-9)18-14(22)10-7-21(8-10)15(23)12-6-17-13-5-3-2-4-11(12)13/h2-6,10,17H,7-8H2,1H3,(H,18,20,22). The van der Waals surface area contributed by atoms with Gasteiger partial charge < -0.3 is 15.2 Å². The molecule has 1 aliphatic rings. The van der Waals surface area contributed by atoms with E-state index in [1.54, 1.807) is 11.1 Å². The van der Waals surface area contributed by atoms with Crippen LogP contribution in [0.5, 0.6) is 0 Å². The highest BCUT2D eigenvalue weighted by molar-refractivity contribution is 7.15. The summed E-state index contributed by atoms with van der Waals surface area (Å²) in [6.07, 6.45) is 1.73. The van der Waals surface area contributed by atoms with Gasteiger partial charge in [0, 0.05) is 30.2 Å². The summed E-state index contributed by atoms with van der Waals surface area (Å²) in [5.74, 6) is -0.374. The minimum absolute atomic E-state index is 0.0525. The van der Waals surface area contributed by atoms with Crippen LogP contribution in [-0.4, -0.2) is 45.0 Å². The average Bonchev–Trinajstić information content (AvgIpc) is 3.11. The van der Waals surface area contributed by atoms with Crippen LogP contribution in [0.1, 0.15) is 15.4 Å². The normalized spacial score (nSPS) is 14.6. The molecule has 7 nitrogen and oxygen atoms in total. The number of amides is 2. The molecule has 1 aliphatic heterocycles. The van der Waals surface area contributed by atoms with Crippen LogP contribution in [-0.2, 0) is 4.79 Å². The van der Waals surface area contributed by atoms with Gasteiger partial charge in [0.25, 0.3) is 5.91 Å². The van der Waals surface area contributed by atoms with Crippen molar-refractivity contribution in [2.75, 3.05) is 18.4 Å². The summed E-state index contributed by atoms with van der Waals surface area (Å²) in [6.45, 7) is 2.67. The lowest BCUT2D eigenvalue weighted by molar-refractivity contribution is -0.123. The number of hydrogen-bond acceptors (Lipinski definition) is 5. The van der Waals surface area contributed by atoms with Crippen molar-refractivity contribution < 1.29 is 9.59 Å². The van der Waals surface area contributed by atoms with Crippen molar-refractivity contribution >= 4 is 39.2 Å². The van der Waals surface area contributed by atoms with E-state index in [1.165, 1.54) is 11.3 Å². The van der Waals surface area contributed by atoms with Gasteiger partial charge in [0.1, 0.15) is 5.01 Å². The maximum absolute atomic E-state index is 12.6. The largest absolute Gasteiger partial charge is 0.360 e. The third-order valence-electron chi connectivity index (χ3n) is 4.12. The zero-order chi connectivity index (χ0) is 16.7. The van der Waals surface area contributed by atoms with Crippen LogP contribution < -0.4 is 5.32 Å². The summed E-state index contributed by atoms with van der Waals surface area (Å²) in [5, 5.41) is 12.7. The van der Waals surface area contributed by atoms with Crippen LogP contribution >= 0.6 is 11.3 Å². The predicted molar refractivity (Wildman–Crippen MR) is 91.0 cm³/mol. The molecule has 8 heteroatoms. The predicted octanol–water partition coefficient (Wildman–Crippen LogP) is 2.04. The van der Waals surface area contributed by atoms with Gasteiger partial charge in [-0.15, -0.1) is 10.2 Å². The monoisotopic (exact) mass is 341 g/mol. The quantitative estimate of drug-likeness (QED) is 0.763. The van der Waals surface area contributed by atoms with Crippen molar-refractivity contribution in [3.8, 4) is 0 Å². The zero-order valence-electron chi connectivity index (χ0n) is 12.9. The number of fused-ring (bicyclic) bond motifs is 1. The van der Waals surface area contributed by atoms with Crippen molar-refractivity contribution in [2.45, 2.75) is 6.92 Å². The molecular weight excluding hydrogens is 326 g/mol. The summed E-state index contributed by atoms with van der Waals surface area (Å²) in [6, 6.07) is 7.68. The number of aryl methyl sites for hydroxylation is 1. The molecule has 3 heterocycles. The van der Waals surface area contributed by atoms with Crippen LogP contribution in [0.3, 0.4) is 0 Å². The van der Waals surface area contributed by atoms with Crippen molar-refractivity contribution in [1.82, 2.24) is 20.1 Å². The van der Waals surface area contributed by atoms with E-state index in [9.17, 15) is 9.59 Å². The lowest BCUT2D eigenvalue weighted by Crippen LogP contribution is -2.54.